The number of carbonyl (C=O) groups is 1. The summed E-state index contributed by atoms with van der Waals surface area (Å²) >= 11 is 8.30. The summed E-state index contributed by atoms with van der Waals surface area (Å²) < 4.78 is 5.68. The molecular weight excluding hydrogens is 393 g/mol. The molecule has 0 saturated carbocycles. The molecule has 0 aliphatic heterocycles. The van der Waals surface area contributed by atoms with E-state index in [1.54, 1.807) is 0 Å². The van der Waals surface area contributed by atoms with E-state index in [9.17, 15) is 4.79 Å². The Morgan fingerprint density at radius 3 is 2.85 bits per heavy atom. The van der Waals surface area contributed by atoms with Crippen LogP contribution in [0.3, 0.4) is 0 Å². The minimum Gasteiger partial charge on any atom is -0.465 e. The lowest BCUT2D eigenvalue weighted by molar-refractivity contribution is 0.0602. The number of nitrogens with two attached hydrogens (primary N) is 1. The maximum Gasteiger partial charge on any atom is 0.340 e. The van der Waals surface area contributed by atoms with E-state index in [2.05, 4.69) is 37.6 Å². The van der Waals surface area contributed by atoms with Crippen LogP contribution in [0, 0.1) is 3.57 Å². The minimum atomic E-state index is -0.512. The molecule has 0 bridgehead atoms. The van der Waals surface area contributed by atoms with Gasteiger partial charge in [-0.15, -0.1) is 0 Å². The third-order valence-electron chi connectivity index (χ3n) is 2.58. The number of anilines is 3. The molecule has 0 aliphatic rings. The Morgan fingerprint density at radius 1 is 1.45 bits per heavy atom. The molecule has 0 spiro atoms. The molecule has 0 radical (unpaired) electrons. The van der Waals surface area contributed by atoms with Crippen molar-refractivity contribution in [3.63, 3.8) is 0 Å². The topological polar surface area (TPSA) is 77.2 Å². The number of pyridine rings is 1. The Morgan fingerprint density at radius 2 is 2.20 bits per heavy atom. The van der Waals surface area contributed by atoms with Crippen LogP contribution >= 0.6 is 34.2 Å². The van der Waals surface area contributed by atoms with E-state index in [1.165, 1.54) is 19.4 Å². The number of carbonyl (C=O) groups excluding carboxylic acids is 1. The second-order valence-corrected chi connectivity index (χ2v) is 5.51. The smallest absolute Gasteiger partial charge is 0.340 e. The second kappa shape index (κ2) is 6.27. The van der Waals surface area contributed by atoms with Crippen LogP contribution in [0.1, 0.15) is 10.4 Å². The van der Waals surface area contributed by atoms with E-state index in [0.29, 0.717) is 16.5 Å². The fourth-order valence-corrected chi connectivity index (χ4v) is 2.48. The molecule has 0 atom stereocenters. The Kier molecular flexibility index (Phi) is 4.66. The van der Waals surface area contributed by atoms with Crippen LogP contribution in [0.15, 0.2) is 30.5 Å². The van der Waals surface area contributed by atoms with Crippen LogP contribution in [0.2, 0.25) is 5.02 Å². The van der Waals surface area contributed by atoms with Crippen molar-refractivity contribution in [3.8, 4) is 0 Å². The predicted octanol–water partition coefficient (Wildman–Crippen LogP) is 3.45. The zero-order valence-electron chi connectivity index (χ0n) is 10.5. The number of hydrogen-bond donors (Lipinski definition) is 2. The van der Waals surface area contributed by atoms with Gasteiger partial charge in [-0.05, 0) is 46.9 Å². The van der Waals surface area contributed by atoms with Crippen LogP contribution in [0.25, 0.3) is 0 Å². The van der Waals surface area contributed by atoms with Crippen molar-refractivity contribution < 1.29 is 9.53 Å². The highest BCUT2D eigenvalue weighted by Crippen LogP contribution is 2.29. The summed E-state index contributed by atoms with van der Waals surface area (Å²) in [6, 6.07) is 7.03. The zero-order chi connectivity index (χ0) is 14.7. The number of nitrogen functional groups attached to an aromatic ring is 1. The second-order valence-electron chi connectivity index (χ2n) is 3.86. The van der Waals surface area contributed by atoms with Gasteiger partial charge in [0.05, 0.1) is 29.1 Å². The first-order chi connectivity index (χ1) is 9.52. The number of hydrogen-bond acceptors (Lipinski definition) is 5. The molecule has 3 N–H and O–H groups in total. The monoisotopic (exact) mass is 403 g/mol. The van der Waals surface area contributed by atoms with E-state index >= 15 is 0 Å². The number of rotatable bonds is 3. The molecule has 1 aromatic heterocycles. The molecule has 1 heterocycles. The number of halogens is 2. The third-order valence-corrected chi connectivity index (χ3v) is 3.56. The van der Waals surface area contributed by atoms with E-state index in [1.807, 2.05) is 18.2 Å². The zero-order valence-corrected chi connectivity index (χ0v) is 13.4. The third kappa shape index (κ3) is 3.13. The average Bonchev–Trinajstić information content (AvgIpc) is 2.43. The Hall–Kier alpha value is -1.54. The molecule has 0 unspecified atom stereocenters. The van der Waals surface area contributed by atoms with Crippen molar-refractivity contribution in [2.45, 2.75) is 0 Å². The molecule has 0 saturated heterocycles. The molecule has 0 amide bonds. The molecule has 2 aromatic rings. The predicted molar refractivity (Wildman–Crippen MR) is 87.4 cm³/mol. The highest BCUT2D eigenvalue weighted by Gasteiger charge is 2.14. The van der Waals surface area contributed by atoms with Gasteiger partial charge in [0, 0.05) is 9.77 Å². The first-order valence-corrected chi connectivity index (χ1v) is 7.03. The van der Waals surface area contributed by atoms with Gasteiger partial charge in [0.1, 0.15) is 0 Å². The van der Waals surface area contributed by atoms with Gasteiger partial charge in [-0.1, -0.05) is 11.6 Å². The first kappa shape index (κ1) is 14.9. The fourth-order valence-electron chi connectivity index (χ4n) is 1.58. The number of nitrogens with one attached hydrogen (secondary N) is 1. The first-order valence-electron chi connectivity index (χ1n) is 5.57. The lowest BCUT2D eigenvalue weighted by Gasteiger charge is -2.12. The summed E-state index contributed by atoms with van der Waals surface area (Å²) in [5.41, 5.74) is 7.05. The fraction of sp³-hybridized carbons (Fsp3) is 0.0769. The standard InChI is InChI=1S/C13H11ClIN3O2/c1-20-13(19)8-4-5-17-12(11(8)16)18-10-3-2-7(15)6-9(10)14/h2-6H,16H2,1H3,(H,17,18). The summed E-state index contributed by atoms with van der Waals surface area (Å²) in [5.74, 6) is -0.155. The molecule has 20 heavy (non-hydrogen) atoms. The number of nitrogens with zero attached hydrogens (tertiary/aromatic N) is 1. The molecule has 0 aliphatic carbocycles. The Balaban J connectivity index is 2.37. The normalized spacial score (nSPS) is 10.2. The maximum absolute atomic E-state index is 11.6. The van der Waals surface area contributed by atoms with Gasteiger partial charge in [-0.3, -0.25) is 0 Å². The molecule has 5 nitrogen and oxygen atoms in total. The summed E-state index contributed by atoms with van der Waals surface area (Å²) in [5, 5.41) is 3.55. The van der Waals surface area contributed by atoms with Crippen LogP contribution in [0.4, 0.5) is 17.2 Å². The lowest BCUT2D eigenvalue weighted by Crippen LogP contribution is -2.09. The molecule has 104 valence electrons. The summed E-state index contributed by atoms with van der Waals surface area (Å²) in [7, 11) is 1.30. The van der Waals surface area contributed by atoms with Gasteiger partial charge in [0.25, 0.3) is 0 Å². The van der Waals surface area contributed by atoms with E-state index in [-0.39, 0.29) is 11.3 Å². The summed E-state index contributed by atoms with van der Waals surface area (Å²) in [4.78, 5) is 15.7. The Bertz CT molecular complexity index is 664. The van der Waals surface area contributed by atoms with Crippen molar-refractivity contribution >= 4 is 57.4 Å². The van der Waals surface area contributed by atoms with E-state index in [0.717, 1.165) is 3.57 Å². The van der Waals surface area contributed by atoms with E-state index < -0.39 is 5.97 Å². The van der Waals surface area contributed by atoms with Gasteiger partial charge < -0.3 is 15.8 Å². The van der Waals surface area contributed by atoms with Crippen LogP contribution in [-0.2, 0) is 4.74 Å². The molecule has 2 rings (SSSR count). The quantitative estimate of drug-likeness (QED) is 0.606. The van der Waals surface area contributed by atoms with Crippen molar-refractivity contribution in [3.05, 3.63) is 44.6 Å². The number of methoxy groups -OCH3 is 1. The van der Waals surface area contributed by atoms with Crippen molar-refractivity contribution in [1.82, 2.24) is 4.98 Å². The highest BCUT2D eigenvalue weighted by atomic mass is 127. The van der Waals surface area contributed by atoms with Crippen molar-refractivity contribution in [2.75, 3.05) is 18.2 Å². The van der Waals surface area contributed by atoms with Gasteiger partial charge in [-0.25, -0.2) is 9.78 Å². The number of benzene rings is 1. The van der Waals surface area contributed by atoms with Crippen molar-refractivity contribution in [1.29, 1.82) is 0 Å². The number of esters is 1. The van der Waals surface area contributed by atoms with Gasteiger partial charge in [-0.2, -0.15) is 0 Å². The summed E-state index contributed by atoms with van der Waals surface area (Å²) in [6.45, 7) is 0. The minimum absolute atomic E-state index is 0.217. The largest absolute Gasteiger partial charge is 0.465 e. The molecule has 7 heteroatoms. The number of ether oxygens (including phenoxy) is 1. The maximum atomic E-state index is 11.6. The van der Waals surface area contributed by atoms with Crippen LogP contribution in [-0.4, -0.2) is 18.1 Å². The molecule has 1 aromatic carbocycles. The van der Waals surface area contributed by atoms with Gasteiger partial charge in [0.2, 0.25) is 0 Å². The molecular formula is C13H11ClIN3O2. The molecule has 0 fully saturated rings. The average molecular weight is 404 g/mol. The van der Waals surface area contributed by atoms with Gasteiger partial charge >= 0.3 is 5.97 Å². The van der Waals surface area contributed by atoms with Crippen LogP contribution in [0.5, 0.6) is 0 Å². The summed E-state index contributed by atoms with van der Waals surface area (Å²) in [6.07, 6.45) is 1.48. The van der Waals surface area contributed by atoms with Gasteiger partial charge in [0.15, 0.2) is 5.82 Å². The Labute approximate surface area is 134 Å². The van der Waals surface area contributed by atoms with Crippen LogP contribution < -0.4 is 11.1 Å². The SMILES string of the molecule is COC(=O)c1ccnc(Nc2ccc(I)cc2Cl)c1N. The lowest BCUT2D eigenvalue weighted by atomic mass is 10.2. The number of aromatic nitrogens is 1. The van der Waals surface area contributed by atoms with E-state index in [4.69, 9.17) is 17.3 Å². The highest BCUT2D eigenvalue weighted by molar-refractivity contribution is 14.1. The van der Waals surface area contributed by atoms with Crippen molar-refractivity contribution in [2.24, 2.45) is 0 Å².